The van der Waals surface area contributed by atoms with E-state index in [9.17, 15) is 14.4 Å². The molecule has 27 heavy (non-hydrogen) atoms. The third kappa shape index (κ3) is 4.03. The molecule has 6 nitrogen and oxygen atoms in total. The first-order valence-electron chi connectivity index (χ1n) is 8.90. The Balaban J connectivity index is 1.96. The normalized spacial score (nSPS) is 16.1. The largest absolute Gasteiger partial charge is 0.478 e. The van der Waals surface area contributed by atoms with E-state index in [1.54, 1.807) is 24.3 Å². The molecule has 7 heteroatoms. The average molecular weight is 386 g/mol. The SMILES string of the molecule is CC[C@@H]1Oc2ccc(C(=O)c3cccs3)cc2N(CC(=O)NC(C)C)C1=O. The van der Waals surface area contributed by atoms with Gasteiger partial charge in [-0.3, -0.25) is 19.3 Å². The number of nitrogens with one attached hydrogen (secondary N) is 1. The van der Waals surface area contributed by atoms with Crippen molar-refractivity contribution in [2.24, 2.45) is 0 Å². The van der Waals surface area contributed by atoms with Crippen LogP contribution in [0, 0.1) is 0 Å². The summed E-state index contributed by atoms with van der Waals surface area (Å²) in [5.41, 5.74) is 0.905. The minimum atomic E-state index is -0.636. The fourth-order valence-corrected chi connectivity index (χ4v) is 3.63. The topological polar surface area (TPSA) is 75.7 Å². The van der Waals surface area contributed by atoms with Crippen molar-refractivity contribution in [2.45, 2.75) is 39.3 Å². The van der Waals surface area contributed by atoms with Crippen molar-refractivity contribution in [2.75, 3.05) is 11.4 Å². The molecule has 0 saturated carbocycles. The Hall–Kier alpha value is -2.67. The van der Waals surface area contributed by atoms with Crippen LogP contribution in [0.4, 0.5) is 5.69 Å². The summed E-state index contributed by atoms with van der Waals surface area (Å²) in [6, 6.07) is 8.56. The van der Waals surface area contributed by atoms with Gasteiger partial charge in [0, 0.05) is 11.6 Å². The summed E-state index contributed by atoms with van der Waals surface area (Å²) in [5.74, 6) is -0.147. The first-order valence-corrected chi connectivity index (χ1v) is 9.78. The van der Waals surface area contributed by atoms with Crippen LogP contribution in [-0.2, 0) is 9.59 Å². The Labute approximate surface area is 162 Å². The summed E-state index contributed by atoms with van der Waals surface area (Å²) >= 11 is 1.36. The van der Waals surface area contributed by atoms with Crippen molar-refractivity contribution < 1.29 is 19.1 Å². The Morgan fingerprint density at radius 3 is 2.70 bits per heavy atom. The zero-order chi connectivity index (χ0) is 19.6. The van der Waals surface area contributed by atoms with Crippen molar-refractivity contribution in [3.05, 3.63) is 46.2 Å². The highest BCUT2D eigenvalue weighted by Gasteiger charge is 2.35. The molecule has 0 unspecified atom stereocenters. The third-order valence-corrected chi connectivity index (χ3v) is 5.06. The van der Waals surface area contributed by atoms with E-state index in [2.05, 4.69) is 5.32 Å². The van der Waals surface area contributed by atoms with E-state index in [1.807, 2.05) is 32.2 Å². The van der Waals surface area contributed by atoms with Crippen LogP contribution < -0.4 is 15.0 Å². The second-order valence-corrected chi connectivity index (χ2v) is 7.60. The van der Waals surface area contributed by atoms with E-state index in [0.717, 1.165) is 0 Å². The number of hydrogen-bond donors (Lipinski definition) is 1. The van der Waals surface area contributed by atoms with Crippen LogP contribution in [0.2, 0.25) is 0 Å². The highest BCUT2D eigenvalue weighted by molar-refractivity contribution is 7.12. The van der Waals surface area contributed by atoms with Gasteiger partial charge in [0.2, 0.25) is 11.7 Å². The Morgan fingerprint density at radius 1 is 1.30 bits per heavy atom. The molecule has 1 aliphatic heterocycles. The Bertz CT molecular complexity index is 861. The number of benzene rings is 1. The lowest BCUT2D eigenvalue weighted by Gasteiger charge is -2.34. The number of carbonyl (C=O) groups is 3. The molecule has 0 spiro atoms. The van der Waals surface area contributed by atoms with Gasteiger partial charge in [0.15, 0.2) is 6.10 Å². The lowest BCUT2D eigenvalue weighted by molar-refractivity contribution is -0.129. The van der Waals surface area contributed by atoms with Gasteiger partial charge in [0.05, 0.1) is 10.6 Å². The fourth-order valence-electron chi connectivity index (χ4n) is 2.95. The number of hydrogen-bond acceptors (Lipinski definition) is 5. The summed E-state index contributed by atoms with van der Waals surface area (Å²) in [4.78, 5) is 39.7. The molecule has 0 bridgehead atoms. The van der Waals surface area contributed by atoms with Gasteiger partial charge in [-0.1, -0.05) is 13.0 Å². The van der Waals surface area contributed by atoms with E-state index in [4.69, 9.17) is 4.74 Å². The van der Waals surface area contributed by atoms with Crippen molar-refractivity contribution in [1.82, 2.24) is 5.32 Å². The molecule has 2 heterocycles. The molecule has 1 aliphatic rings. The number of thiophene rings is 1. The second kappa shape index (κ2) is 7.92. The van der Waals surface area contributed by atoms with Gasteiger partial charge < -0.3 is 10.1 Å². The minimum Gasteiger partial charge on any atom is -0.478 e. The van der Waals surface area contributed by atoms with Crippen LogP contribution in [-0.4, -0.2) is 36.3 Å². The molecule has 1 atom stereocenters. The summed E-state index contributed by atoms with van der Waals surface area (Å²) < 4.78 is 5.78. The first kappa shape index (κ1) is 19.1. The van der Waals surface area contributed by atoms with Crippen LogP contribution in [0.25, 0.3) is 0 Å². The molecule has 1 aromatic heterocycles. The molecule has 0 aliphatic carbocycles. The van der Waals surface area contributed by atoms with Gasteiger partial charge in [0.25, 0.3) is 5.91 Å². The van der Waals surface area contributed by atoms with Gasteiger partial charge in [-0.2, -0.15) is 0 Å². The standard InChI is InChI=1S/C20H22N2O4S/c1-4-15-20(25)22(11-18(23)21-12(2)3)14-10-13(7-8-16(14)26-15)19(24)17-6-5-9-27-17/h5-10,12,15H,4,11H2,1-3H3,(H,21,23)/t15-/m0/s1. The molecular formula is C20H22N2O4S. The molecule has 1 aromatic carbocycles. The van der Waals surface area contributed by atoms with Crippen molar-refractivity contribution in [1.29, 1.82) is 0 Å². The maximum atomic E-state index is 12.8. The number of rotatable bonds is 6. The van der Waals surface area contributed by atoms with Gasteiger partial charge in [-0.15, -0.1) is 11.3 Å². The van der Waals surface area contributed by atoms with E-state index in [0.29, 0.717) is 28.3 Å². The van der Waals surface area contributed by atoms with Crippen molar-refractivity contribution >= 4 is 34.6 Å². The van der Waals surface area contributed by atoms with Crippen LogP contribution in [0.1, 0.15) is 42.4 Å². The highest BCUT2D eigenvalue weighted by atomic mass is 32.1. The van der Waals surface area contributed by atoms with Gasteiger partial charge in [-0.05, 0) is 49.9 Å². The van der Waals surface area contributed by atoms with Crippen LogP contribution in [0.3, 0.4) is 0 Å². The lowest BCUT2D eigenvalue weighted by Crippen LogP contribution is -2.50. The van der Waals surface area contributed by atoms with Gasteiger partial charge >= 0.3 is 0 Å². The molecule has 1 N–H and O–H groups in total. The number of nitrogens with zero attached hydrogens (tertiary/aromatic N) is 1. The fraction of sp³-hybridized carbons (Fsp3) is 0.350. The second-order valence-electron chi connectivity index (χ2n) is 6.65. The zero-order valence-electron chi connectivity index (χ0n) is 15.5. The van der Waals surface area contributed by atoms with E-state index in [-0.39, 0.29) is 30.2 Å². The number of ether oxygens (including phenoxy) is 1. The first-order chi connectivity index (χ1) is 12.9. The predicted octanol–water partition coefficient (Wildman–Crippen LogP) is 3.01. The monoisotopic (exact) mass is 386 g/mol. The minimum absolute atomic E-state index is 0.0261. The number of amides is 2. The molecule has 142 valence electrons. The van der Waals surface area contributed by atoms with Crippen molar-refractivity contribution in [3.8, 4) is 5.75 Å². The predicted molar refractivity (Wildman–Crippen MR) is 105 cm³/mol. The molecule has 0 radical (unpaired) electrons. The number of ketones is 1. The van der Waals surface area contributed by atoms with Crippen LogP contribution in [0.5, 0.6) is 5.75 Å². The number of fused-ring (bicyclic) bond motifs is 1. The number of anilines is 1. The third-order valence-electron chi connectivity index (χ3n) is 4.19. The van der Waals surface area contributed by atoms with Crippen LogP contribution in [0.15, 0.2) is 35.7 Å². The summed E-state index contributed by atoms with van der Waals surface area (Å²) in [5, 5.41) is 4.64. The lowest BCUT2D eigenvalue weighted by atomic mass is 10.1. The van der Waals surface area contributed by atoms with Crippen LogP contribution >= 0.6 is 11.3 Å². The highest BCUT2D eigenvalue weighted by Crippen LogP contribution is 2.36. The summed E-state index contributed by atoms with van der Waals surface area (Å²) in [6.07, 6.45) is -0.139. The van der Waals surface area contributed by atoms with Gasteiger partial charge in [0.1, 0.15) is 12.3 Å². The quantitative estimate of drug-likeness (QED) is 0.775. The molecule has 2 aromatic rings. The summed E-state index contributed by atoms with van der Waals surface area (Å²) in [7, 11) is 0. The zero-order valence-corrected chi connectivity index (χ0v) is 16.3. The number of carbonyl (C=O) groups excluding carboxylic acids is 3. The smallest absolute Gasteiger partial charge is 0.268 e. The average Bonchev–Trinajstić information content (AvgIpc) is 3.17. The molecular weight excluding hydrogens is 364 g/mol. The molecule has 2 amide bonds. The Morgan fingerprint density at radius 2 is 2.07 bits per heavy atom. The Kier molecular flexibility index (Phi) is 5.60. The van der Waals surface area contributed by atoms with Gasteiger partial charge in [-0.25, -0.2) is 0 Å². The maximum Gasteiger partial charge on any atom is 0.268 e. The molecule has 0 fully saturated rings. The summed E-state index contributed by atoms with van der Waals surface area (Å²) in [6.45, 7) is 5.47. The van der Waals surface area contributed by atoms with E-state index < -0.39 is 6.10 Å². The molecule has 3 rings (SSSR count). The maximum absolute atomic E-state index is 12.8. The molecule has 0 saturated heterocycles. The van der Waals surface area contributed by atoms with Crippen molar-refractivity contribution in [3.63, 3.8) is 0 Å². The van der Waals surface area contributed by atoms with E-state index in [1.165, 1.54) is 16.2 Å². The van der Waals surface area contributed by atoms with E-state index >= 15 is 0 Å².